The maximum absolute atomic E-state index is 9.61. The molecule has 1 N–H and O–H groups in total. The molecule has 1 heterocycles. The molecule has 0 saturated heterocycles. The van der Waals surface area contributed by atoms with E-state index in [-0.39, 0.29) is 10.7 Å². The van der Waals surface area contributed by atoms with Crippen LogP contribution in [0.2, 0.25) is 5.15 Å². The molecule has 0 bridgehead atoms. The van der Waals surface area contributed by atoms with Gasteiger partial charge in [0.25, 0.3) is 0 Å². The highest BCUT2D eigenvalue weighted by Gasteiger charge is 2.15. The standard InChI is InChI=1S/C10H9ClN2O/c1-6(5-12)9(14)8-4-3-7(2)13-10(8)11/h3-4,9,14H,1H2,2H3. The first-order valence-corrected chi connectivity index (χ1v) is 4.34. The van der Waals surface area contributed by atoms with Crippen LogP contribution < -0.4 is 0 Å². The van der Waals surface area contributed by atoms with Gasteiger partial charge in [0.2, 0.25) is 0 Å². The number of aromatic nitrogens is 1. The normalized spacial score (nSPS) is 11.9. The smallest absolute Gasteiger partial charge is 0.135 e. The third-order valence-electron chi connectivity index (χ3n) is 1.79. The number of rotatable bonds is 2. The molecule has 1 aromatic heterocycles. The number of pyridine rings is 1. The molecule has 0 fully saturated rings. The fourth-order valence-electron chi connectivity index (χ4n) is 0.989. The fraction of sp³-hybridized carbons (Fsp3) is 0.200. The quantitative estimate of drug-likeness (QED) is 0.599. The highest BCUT2D eigenvalue weighted by atomic mass is 35.5. The van der Waals surface area contributed by atoms with Crippen molar-refractivity contribution in [2.24, 2.45) is 0 Å². The first-order chi connectivity index (χ1) is 6.56. The number of nitrogens with zero attached hydrogens (tertiary/aromatic N) is 2. The summed E-state index contributed by atoms with van der Waals surface area (Å²) < 4.78 is 0. The topological polar surface area (TPSA) is 56.9 Å². The van der Waals surface area contributed by atoms with Gasteiger partial charge in [0.05, 0.1) is 11.6 Å². The molecule has 1 aromatic rings. The number of nitriles is 1. The summed E-state index contributed by atoms with van der Waals surface area (Å²) in [4.78, 5) is 3.97. The second-order valence-corrected chi connectivity index (χ2v) is 3.23. The molecule has 72 valence electrons. The summed E-state index contributed by atoms with van der Waals surface area (Å²) in [6, 6.07) is 5.13. The van der Waals surface area contributed by atoms with Crippen molar-refractivity contribution in [2.45, 2.75) is 13.0 Å². The van der Waals surface area contributed by atoms with Gasteiger partial charge in [0, 0.05) is 11.3 Å². The van der Waals surface area contributed by atoms with Gasteiger partial charge in [-0.2, -0.15) is 5.26 Å². The monoisotopic (exact) mass is 208 g/mol. The number of aliphatic hydroxyl groups excluding tert-OH is 1. The third-order valence-corrected chi connectivity index (χ3v) is 2.09. The lowest BCUT2D eigenvalue weighted by Gasteiger charge is -2.10. The molecule has 0 radical (unpaired) electrons. The van der Waals surface area contributed by atoms with Crippen LogP contribution in [0.1, 0.15) is 17.4 Å². The number of aliphatic hydroxyl groups is 1. The van der Waals surface area contributed by atoms with Gasteiger partial charge in [0.15, 0.2) is 0 Å². The van der Waals surface area contributed by atoms with E-state index < -0.39 is 6.10 Å². The molecule has 0 aliphatic carbocycles. The molecule has 0 spiro atoms. The molecular formula is C10H9ClN2O. The summed E-state index contributed by atoms with van der Waals surface area (Å²) in [6.45, 7) is 5.21. The molecule has 1 atom stereocenters. The molecule has 0 aliphatic heterocycles. The molecule has 1 unspecified atom stereocenters. The van der Waals surface area contributed by atoms with Crippen LogP contribution in [0, 0.1) is 18.3 Å². The molecular weight excluding hydrogens is 200 g/mol. The molecule has 0 aliphatic rings. The van der Waals surface area contributed by atoms with E-state index >= 15 is 0 Å². The molecule has 0 amide bonds. The Morgan fingerprint density at radius 2 is 2.36 bits per heavy atom. The lowest BCUT2D eigenvalue weighted by Crippen LogP contribution is -2.01. The summed E-state index contributed by atoms with van der Waals surface area (Å²) in [5.41, 5.74) is 1.22. The Kier molecular flexibility index (Phi) is 3.23. The fourth-order valence-corrected chi connectivity index (χ4v) is 1.29. The van der Waals surface area contributed by atoms with E-state index in [0.717, 1.165) is 5.69 Å². The zero-order valence-corrected chi connectivity index (χ0v) is 8.41. The SMILES string of the molecule is C=C(C#N)C(O)c1ccc(C)nc1Cl. The summed E-state index contributed by atoms with van der Waals surface area (Å²) in [5.74, 6) is 0. The largest absolute Gasteiger partial charge is 0.383 e. The van der Waals surface area contributed by atoms with E-state index in [1.54, 1.807) is 25.1 Å². The summed E-state index contributed by atoms with van der Waals surface area (Å²) in [7, 11) is 0. The number of halogens is 1. The highest BCUT2D eigenvalue weighted by Crippen LogP contribution is 2.25. The zero-order valence-electron chi connectivity index (χ0n) is 7.66. The Morgan fingerprint density at radius 1 is 1.71 bits per heavy atom. The molecule has 1 rings (SSSR count). The summed E-state index contributed by atoms with van der Waals surface area (Å²) in [6.07, 6.45) is -1.07. The van der Waals surface area contributed by atoms with Crippen molar-refractivity contribution >= 4 is 11.6 Å². The number of aryl methyl sites for hydroxylation is 1. The number of hydrogen-bond acceptors (Lipinski definition) is 3. The Hall–Kier alpha value is -1.37. The van der Waals surface area contributed by atoms with Crippen molar-refractivity contribution in [1.82, 2.24) is 4.98 Å². The van der Waals surface area contributed by atoms with Crippen molar-refractivity contribution in [3.63, 3.8) is 0 Å². The van der Waals surface area contributed by atoms with E-state index in [1.165, 1.54) is 0 Å². The van der Waals surface area contributed by atoms with E-state index in [1.807, 2.05) is 0 Å². The van der Waals surface area contributed by atoms with Crippen LogP contribution in [0.3, 0.4) is 0 Å². The predicted molar refractivity (Wildman–Crippen MR) is 53.7 cm³/mol. The first-order valence-electron chi connectivity index (χ1n) is 3.96. The minimum absolute atomic E-state index is 0.0533. The predicted octanol–water partition coefficient (Wildman–Crippen LogP) is 2.16. The van der Waals surface area contributed by atoms with Gasteiger partial charge in [-0.05, 0) is 13.0 Å². The third kappa shape index (κ3) is 2.11. The minimum Gasteiger partial charge on any atom is -0.383 e. The van der Waals surface area contributed by atoms with Crippen LogP contribution in [0.15, 0.2) is 24.3 Å². The van der Waals surface area contributed by atoms with Crippen LogP contribution >= 0.6 is 11.6 Å². The van der Waals surface area contributed by atoms with Gasteiger partial charge in [-0.25, -0.2) is 4.98 Å². The van der Waals surface area contributed by atoms with Crippen molar-refractivity contribution in [3.8, 4) is 6.07 Å². The summed E-state index contributed by atoms with van der Waals surface area (Å²) >= 11 is 5.80. The molecule has 0 saturated carbocycles. The zero-order chi connectivity index (χ0) is 10.7. The lowest BCUT2D eigenvalue weighted by molar-refractivity contribution is 0.220. The average Bonchev–Trinajstić information content (AvgIpc) is 2.15. The Labute approximate surface area is 87.3 Å². The number of hydrogen-bond donors (Lipinski definition) is 1. The van der Waals surface area contributed by atoms with Crippen LogP contribution in [0.25, 0.3) is 0 Å². The molecule has 14 heavy (non-hydrogen) atoms. The Morgan fingerprint density at radius 3 is 2.86 bits per heavy atom. The van der Waals surface area contributed by atoms with Gasteiger partial charge in [-0.1, -0.05) is 24.2 Å². The van der Waals surface area contributed by atoms with Crippen molar-refractivity contribution in [1.29, 1.82) is 5.26 Å². The average molecular weight is 209 g/mol. The van der Waals surface area contributed by atoms with Crippen molar-refractivity contribution in [2.75, 3.05) is 0 Å². The maximum Gasteiger partial charge on any atom is 0.135 e. The van der Waals surface area contributed by atoms with E-state index in [0.29, 0.717) is 5.56 Å². The minimum atomic E-state index is -1.07. The highest BCUT2D eigenvalue weighted by molar-refractivity contribution is 6.30. The van der Waals surface area contributed by atoms with Crippen LogP contribution in [0.4, 0.5) is 0 Å². The van der Waals surface area contributed by atoms with Gasteiger partial charge in [0.1, 0.15) is 11.3 Å². The van der Waals surface area contributed by atoms with Gasteiger partial charge in [-0.3, -0.25) is 0 Å². The molecule has 3 nitrogen and oxygen atoms in total. The summed E-state index contributed by atoms with van der Waals surface area (Å²) in [5, 5.41) is 18.4. The van der Waals surface area contributed by atoms with E-state index in [4.69, 9.17) is 16.9 Å². The van der Waals surface area contributed by atoms with Gasteiger partial charge in [-0.15, -0.1) is 0 Å². The van der Waals surface area contributed by atoms with Crippen molar-refractivity contribution < 1.29 is 5.11 Å². The van der Waals surface area contributed by atoms with Crippen LogP contribution in [0.5, 0.6) is 0 Å². The van der Waals surface area contributed by atoms with Gasteiger partial charge < -0.3 is 5.11 Å². The second kappa shape index (κ2) is 4.23. The van der Waals surface area contributed by atoms with Crippen LogP contribution in [-0.4, -0.2) is 10.1 Å². The van der Waals surface area contributed by atoms with Gasteiger partial charge >= 0.3 is 0 Å². The Bertz CT molecular complexity index is 409. The van der Waals surface area contributed by atoms with Crippen molar-refractivity contribution in [3.05, 3.63) is 40.7 Å². The van der Waals surface area contributed by atoms with E-state index in [2.05, 4.69) is 11.6 Å². The first kappa shape index (κ1) is 10.7. The van der Waals surface area contributed by atoms with E-state index in [9.17, 15) is 5.11 Å². The maximum atomic E-state index is 9.61. The van der Waals surface area contributed by atoms with Crippen LogP contribution in [-0.2, 0) is 0 Å². The Balaban J connectivity index is 3.09. The second-order valence-electron chi connectivity index (χ2n) is 2.87. The lowest BCUT2D eigenvalue weighted by atomic mass is 10.1. The molecule has 0 aromatic carbocycles. The molecule has 4 heteroatoms.